The summed E-state index contributed by atoms with van der Waals surface area (Å²) >= 11 is 0. The van der Waals surface area contributed by atoms with Crippen LogP contribution in [0.4, 0.5) is 4.39 Å². The zero-order valence-electron chi connectivity index (χ0n) is 7.88. The van der Waals surface area contributed by atoms with Gasteiger partial charge < -0.3 is 4.79 Å². The number of rotatable bonds is 3. The molecule has 13 heavy (non-hydrogen) atoms. The van der Waals surface area contributed by atoms with Gasteiger partial charge in [-0.2, -0.15) is 0 Å². The van der Waals surface area contributed by atoms with E-state index in [-0.39, 0.29) is 11.7 Å². The Bertz CT molecular complexity index is 307. The molecular weight excluding hydrogens is 167 g/mol. The molecule has 0 bridgehead atoms. The largest absolute Gasteiger partial charge is 0.303 e. The Morgan fingerprint density at radius 1 is 1.54 bits per heavy atom. The minimum atomic E-state index is -0.238. The van der Waals surface area contributed by atoms with Crippen LogP contribution in [0.25, 0.3) is 0 Å². The Morgan fingerprint density at radius 3 is 2.85 bits per heavy atom. The first kappa shape index (κ1) is 9.90. The van der Waals surface area contributed by atoms with Crippen molar-refractivity contribution in [1.82, 2.24) is 0 Å². The SMILES string of the molecule is Cc1ccc(F)cc1C(C)CC=O. The number of aldehydes is 1. The van der Waals surface area contributed by atoms with Gasteiger partial charge in [0, 0.05) is 6.42 Å². The molecule has 1 rings (SSSR count). The summed E-state index contributed by atoms with van der Waals surface area (Å²) in [7, 11) is 0. The Labute approximate surface area is 77.6 Å². The maximum atomic E-state index is 12.9. The van der Waals surface area contributed by atoms with Gasteiger partial charge >= 0.3 is 0 Å². The summed E-state index contributed by atoms with van der Waals surface area (Å²) in [4.78, 5) is 10.3. The fourth-order valence-corrected chi connectivity index (χ4v) is 1.41. The summed E-state index contributed by atoms with van der Waals surface area (Å²) in [5, 5.41) is 0. The van der Waals surface area contributed by atoms with Crippen molar-refractivity contribution in [3.8, 4) is 0 Å². The molecule has 0 saturated carbocycles. The summed E-state index contributed by atoms with van der Waals surface area (Å²) in [6.45, 7) is 3.85. The molecule has 0 aliphatic rings. The van der Waals surface area contributed by atoms with Gasteiger partial charge in [0.2, 0.25) is 0 Å². The topological polar surface area (TPSA) is 17.1 Å². The molecule has 1 nitrogen and oxygen atoms in total. The molecule has 0 spiro atoms. The fraction of sp³-hybridized carbons (Fsp3) is 0.364. The van der Waals surface area contributed by atoms with Crippen LogP contribution in [0.1, 0.15) is 30.4 Å². The number of benzene rings is 1. The van der Waals surface area contributed by atoms with Crippen molar-refractivity contribution >= 4 is 6.29 Å². The Morgan fingerprint density at radius 2 is 2.23 bits per heavy atom. The van der Waals surface area contributed by atoms with Crippen LogP contribution in [-0.4, -0.2) is 6.29 Å². The zero-order valence-corrected chi connectivity index (χ0v) is 7.88. The van der Waals surface area contributed by atoms with Crippen molar-refractivity contribution in [1.29, 1.82) is 0 Å². The number of carbonyl (C=O) groups excluding carboxylic acids is 1. The first-order valence-electron chi connectivity index (χ1n) is 4.35. The van der Waals surface area contributed by atoms with Crippen LogP contribution in [-0.2, 0) is 4.79 Å². The molecule has 0 saturated heterocycles. The van der Waals surface area contributed by atoms with E-state index >= 15 is 0 Å². The zero-order chi connectivity index (χ0) is 9.84. The number of halogens is 1. The maximum absolute atomic E-state index is 12.9. The second-order valence-electron chi connectivity index (χ2n) is 3.30. The molecule has 0 radical (unpaired) electrons. The average molecular weight is 180 g/mol. The van der Waals surface area contributed by atoms with Gasteiger partial charge in [0.1, 0.15) is 12.1 Å². The molecule has 0 aliphatic carbocycles. The van der Waals surface area contributed by atoms with Crippen LogP contribution in [0, 0.1) is 12.7 Å². The van der Waals surface area contributed by atoms with Crippen molar-refractivity contribution in [2.75, 3.05) is 0 Å². The first-order chi connectivity index (χ1) is 6.15. The van der Waals surface area contributed by atoms with Crippen LogP contribution in [0.15, 0.2) is 18.2 Å². The third kappa shape index (κ3) is 2.38. The van der Waals surface area contributed by atoms with Crippen molar-refractivity contribution in [2.45, 2.75) is 26.2 Å². The number of hydrogen-bond acceptors (Lipinski definition) is 1. The lowest BCUT2D eigenvalue weighted by atomic mass is 9.94. The van der Waals surface area contributed by atoms with E-state index in [4.69, 9.17) is 0 Å². The van der Waals surface area contributed by atoms with Gasteiger partial charge in [-0.15, -0.1) is 0 Å². The average Bonchev–Trinajstić information content (AvgIpc) is 2.09. The molecule has 0 aliphatic heterocycles. The summed E-state index contributed by atoms with van der Waals surface area (Å²) in [5.41, 5.74) is 1.96. The molecule has 2 heteroatoms. The second-order valence-corrected chi connectivity index (χ2v) is 3.30. The normalized spacial score (nSPS) is 12.5. The molecule has 1 aromatic rings. The van der Waals surface area contributed by atoms with E-state index in [2.05, 4.69) is 0 Å². The lowest BCUT2D eigenvalue weighted by Crippen LogP contribution is -1.98. The van der Waals surface area contributed by atoms with Crippen molar-refractivity contribution in [2.24, 2.45) is 0 Å². The molecule has 0 amide bonds. The fourth-order valence-electron chi connectivity index (χ4n) is 1.41. The van der Waals surface area contributed by atoms with E-state index in [1.54, 1.807) is 6.07 Å². The predicted molar refractivity (Wildman–Crippen MR) is 50.2 cm³/mol. The number of hydrogen-bond donors (Lipinski definition) is 0. The molecule has 1 unspecified atom stereocenters. The first-order valence-corrected chi connectivity index (χ1v) is 4.35. The molecule has 1 atom stereocenters. The highest BCUT2D eigenvalue weighted by atomic mass is 19.1. The summed E-state index contributed by atoms with van der Waals surface area (Å²) in [5.74, 6) is -0.133. The van der Waals surface area contributed by atoms with Gasteiger partial charge in [-0.25, -0.2) is 4.39 Å². The standard InChI is InChI=1S/C11H13FO/c1-8-3-4-10(12)7-11(8)9(2)5-6-13/h3-4,6-7,9H,5H2,1-2H3. The van der Waals surface area contributed by atoms with Crippen molar-refractivity contribution < 1.29 is 9.18 Å². The van der Waals surface area contributed by atoms with Gasteiger partial charge in [-0.1, -0.05) is 13.0 Å². The van der Waals surface area contributed by atoms with E-state index in [9.17, 15) is 9.18 Å². The minimum Gasteiger partial charge on any atom is -0.303 e. The quantitative estimate of drug-likeness (QED) is 0.654. The molecule has 0 aromatic heterocycles. The summed E-state index contributed by atoms with van der Waals surface area (Å²) < 4.78 is 12.9. The number of aryl methyl sites for hydroxylation is 1. The van der Waals surface area contributed by atoms with Gasteiger partial charge in [0.05, 0.1) is 0 Å². The Kier molecular flexibility index (Phi) is 3.18. The third-order valence-electron chi connectivity index (χ3n) is 2.22. The predicted octanol–water partition coefficient (Wildman–Crippen LogP) is 2.83. The highest BCUT2D eigenvalue weighted by Crippen LogP contribution is 2.22. The molecule has 1 aromatic carbocycles. The molecule has 0 fully saturated rings. The van der Waals surface area contributed by atoms with E-state index in [1.165, 1.54) is 12.1 Å². The summed E-state index contributed by atoms with van der Waals surface area (Å²) in [6, 6.07) is 4.68. The Hall–Kier alpha value is -1.18. The maximum Gasteiger partial charge on any atom is 0.123 e. The van der Waals surface area contributed by atoms with Gasteiger partial charge in [0.15, 0.2) is 0 Å². The highest BCUT2D eigenvalue weighted by molar-refractivity contribution is 5.52. The molecule has 0 N–H and O–H groups in total. The van der Waals surface area contributed by atoms with Crippen LogP contribution in [0.5, 0.6) is 0 Å². The molecule has 0 heterocycles. The Balaban J connectivity index is 2.97. The van der Waals surface area contributed by atoms with E-state index in [0.717, 1.165) is 17.4 Å². The van der Waals surface area contributed by atoms with Crippen LogP contribution in [0.3, 0.4) is 0 Å². The smallest absolute Gasteiger partial charge is 0.123 e. The van der Waals surface area contributed by atoms with Crippen molar-refractivity contribution in [3.05, 3.63) is 35.1 Å². The second kappa shape index (κ2) is 4.17. The summed E-state index contributed by atoms with van der Waals surface area (Å²) in [6.07, 6.45) is 1.32. The van der Waals surface area contributed by atoms with E-state index in [1.807, 2.05) is 13.8 Å². The van der Waals surface area contributed by atoms with E-state index in [0.29, 0.717) is 6.42 Å². The van der Waals surface area contributed by atoms with Gasteiger partial charge in [0.25, 0.3) is 0 Å². The van der Waals surface area contributed by atoms with E-state index < -0.39 is 0 Å². The molecular formula is C11H13FO. The van der Waals surface area contributed by atoms with Crippen LogP contribution < -0.4 is 0 Å². The minimum absolute atomic E-state index is 0.105. The third-order valence-corrected chi connectivity index (χ3v) is 2.22. The van der Waals surface area contributed by atoms with Crippen LogP contribution >= 0.6 is 0 Å². The monoisotopic (exact) mass is 180 g/mol. The molecule has 70 valence electrons. The highest BCUT2D eigenvalue weighted by Gasteiger charge is 2.08. The lowest BCUT2D eigenvalue weighted by Gasteiger charge is -2.11. The lowest BCUT2D eigenvalue weighted by molar-refractivity contribution is -0.108. The van der Waals surface area contributed by atoms with Crippen molar-refractivity contribution in [3.63, 3.8) is 0 Å². The van der Waals surface area contributed by atoms with Gasteiger partial charge in [-0.05, 0) is 36.1 Å². The van der Waals surface area contributed by atoms with Crippen LogP contribution in [0.2, 0.25) is 0 Å². The van der Waals surface area contributed by atoms with Gasteiger partial charge in [-0.3, -0.25) is 0 Å². The number of carbonyl (C=O) groups is 1.